The number of hydrogen-bond donors (Lipinski definition) is 2. The van der Waals surface area contributed by atoms with E-state index >= 15 is 0 Å². The number of carbonyl (C=O) groups is 2. The Bertz CT molecular complexity index is 958. The van der Waals surface area contributed by atoms with E-state index in [1.54, 1.807) is 30.3 Å². The first-order chi connectivity index (χ1) is 16.4. The lowest BCUT2D eigenvalue weighted by atomic mass is 10.0. The minimum Gasteiger partial charge on any atom is -0.492 e. The molecule has 2 N–H and O–H groups in total. The zero-order valence-corrected chi connectivity index (χ0v) is 20.4. The van der Waals surface area contributed by atoms with Crippen LogP contribution in [0, 0.1) is 5.92 Å². The van der Waals surface area contributed by atoms with E-state index in [4.69, 9.17) is 14.2 Å². The molecule has 184 valence electrons. The summed E-state index contributed by atoms with van der Waals surface area (Å²) in [4.78, 5) is 28.2. The van der Waals surface area contributed by atoms with Crippen LogP contribution < -0.4 is 25.0 Å². The smallest absolute Gasteiger partial charge is 0.251 e. The van der Waals surface area contributed by atoms with Crippen molar-refractivity contribution in [1.82, 2.24) is 5.32 Å². The number of hydrogen-bond acceptors (Lipinski definition) is 6. The predicted octanol–water partition coefficient (Wildman–Crippen LogP) is 3.71. The van der Waals surface area contributed by atoms with Crippen molar-refractivity contribution in [3.05, 3.63) is 48.0 Å². The van der Waals surface area contributed by atoms with Crippen molar-refractivity contribution >= 4 is 23.2 Å². The van der Waals surface area contributed by atoms with E-state index in [1.807, 2.05) is 39.8 Å². The highest BCUT2D eigenvalue weighted by Gasteiger charge is 2.27. The van der Waals surface area contributed by atoms with E-state index in [2.05, 4.69) is 15.5 Å². The number of ether oxygens (including phenoxy) is 3. The summed E-state index contributed by atoms with van der Waals surface area (Å²) in [6.45, 7) is 11.3. The lowest BCUT2D eigenvalue weighted by Crippen LogP contribution is -2.47. The quantitative estimate of drug-likeness (QED) is 0.551. The molecule has 1 aliphatic heterocycles. The van der Waals surface area contributed by atoms with Gasteiger partial charge in [-0.3, -0.25) is 9.59 Å². The van der Waals surface area contributed by atoms with Crippen LogP contribution >= 0.6 is 0 Å². The van der Waals surface area contributed by atoms with Gasteiger partial charge in [0.15, 0.2) is 0 Å². The normalized spacial score (nSPS) is 14.4. The summed E-state index contributed by atoms with van der Waals surface area (Å²) in [6.07, 6.45) is 0. The molecule has 2 amide bonds. The van der Waals surface area contributed by atoms with Gasteiger partial charge < -0.3 is 29.7 Å². The molecule has 2 aromatic rings. The molecule has 1 aliphatic rings. The van der Waals surface area contributed by atoms with Gasteiger partial charge in [0.05, 0.1) is 37.8 Å². The first-order valence-electron chi connectivity index (χ1n) is 11.9. The average molecular weight is 470 g/mol. The fourth-order valence-electron chi connectivity index (χ4n) is 3.80. The zero-order valence-electron chi connectivity index (χ0n) is 20.4. The maximum atomic E-state index is 13.3. The van der Waals surface area contributed by atoms with Crippen LogP contribution in [0.15, 0.2) is 42.5 Å². The second-order valence-corrected chi connectivity index (χ2v) is 8.33. The fraction of sp³-hybridized carbons (Fsp3) is 0.462. The van der Waals surface area contributed by atoms with Crippen LogP contribution in [0.4, 0.5) is 11.4 Å². The maximum Gasteiger partial charge on any atom is 0.251 e. The highest BCUT2D eigenvalue weighted by Crippen LogP contribution is 2.39. The maximum absolute atomic E-state index is 13.3. The van der Waals surface area contributed by atoms with Crippen LogP contribution in [0.3, 0.4) is 0 Å². The topological polar surface area (TPSA) is 89.1 Å². The number of nitrogens with one attached hydrogen (secondary N) is 2. The predicted molar refractivity (Wildman–Crippen MR) is 133 cm³/mol. The first kappa shape index (κ1) is 25.4. The number of anilines is 2. The minimum absolute atomic E-state index is 0.123. The number of carbonyl (C=O) groups excluding carboxylic acids is 2. The van der Waals surface area contributed by atoms with Crippen molar-refractivity contribution in [3.63, 3.8) is 0 Å². The first-order valence-corrected chi connectivity index (χ1v) is 11.9. The van der Waals surface area contributed by atoms with E-state index in [9.17, 15) is 9.59 Å². The largest absolute Gasteiger partial charge is 0.492 e. The highest BCUT2D eigenvalue weighted by molar-refractivity contribution is 6.02. The van der Waals surface area contributed by atoms with E-state index < -0.39 is 6.04 Å². The molecule has 2 aromatic carbocycles. The summed E-state index contributed by atoms with van der Waals surface area (Å²) < 4.78 is 17.3. The molecule has 0 aliphatic carbocycles. The van der Waals surface area contributed by atoms with Gasteiger partial charge in [0.2, 0.25) is 5.91 Å². The number of morpholine rings is 1. The molecule has 0 radical (unpaired) electrons. The van der Waals surface area contributed by atoms with Gasteiger partial charge in [-0.2, -0.15) is 0 Å². The average Bonchev–Trinajstić information content (AvgIpc) is 2.85. The molecule has 1 heterocycles. The summed E-state index contributed by atoms with van der Waals surface area (Å²) in [5, 5.41) is 5.82. The van der Waals surface area contributed by atoms with Crippen molar-refractivity contribution in [2.45, 2.75) is 33.7 Å². The summed E-state index contributed by atoms with van der Waals surface area (Å²) in [6, 6.07) is 11.8. The van der Waals surface area contributed by atoms with Gasteiger partial charge in [-0.25, -0.2) is 0 Å². The number of rotatable bonds is 10. The van der Waals surface area contributed by atoms with Crippen LogP contribution in [0.1, 0.15) is 38.1 Å². The van der Waals surface area contributed by atoms with Gasteiger partial charge >= 0.3 is 0 Å². The SMILES string of the molecule is CCOc1cc(N2CCOCC2)c(OCC)cc1NC(=O)C(NC(=O)c1ccccc1)C(C)C. The van der Waals surface area contributed by atoms with Gasteiger partial charge in [0, 0.05) is 30.8 Å². The standard InChI is InChI=1S/C26H35N3O5/c1-5-33-22-17-21(29-12-14-32-15-13-29)23(34-6-2)16-20(22)27-26(31)24(18(3)4)28-25(30)19-10-8-7-9-11-19/h7-11,16-18,24H,5-6,12-15H2,1-4H3,(H,27,31)(H,28,30). The Morgan fingerprint density at radius 2 is 1.65 bits per heavy atom. The van der Waals surface area contributed by atoms with E-state index in [0.717, 1.165) is 18.8 Å². The van der Waals surface area contributed by atoms with Crippen LogP contribution in [0.5, 0.6) is 11.5 Å². The third-order valence-corrected chi connectivity index (χ3v) is 5.54. The molecular formula is C26H35N3O5. The number of nitrogens with zero attached hydrogens (tertiary/aromatic N) is 1. The summed E-state index contributed by atoms with van der Waals surface area (Å²) in [5.74, 6) is 0.483. The lowest BCUT2D eigenvalue weighted by molar-refractivity contribution is -0.118. The molecule has 0 aromatic heterocycles. The molecule has 1 saturated heterocycles. The van der Waals surface area contributed by atoms with Crippen molar-refractivity contribution in [1.29, 1.82) is 0 Å². The molecule has 8 nitrogen and oxygen atoms in total. The van der Waals surface area contributed by atoms with Gasteiger partial charge in [-0.1, -0.05) is 32.0 Å². The lowest BCUT2D eigenvalue weighted by Gasteiger charge is -2.31. The van der Waals surface area contributed by atoms with Gasteiger partial charge in [-0.15, -0.1) is 0 Å². The Kier molecular flexibility index (Phi) is 9.16. The molecule has 1 atom stereocenters. The molecular weight excluding hydrogens is 434 g/mol. The van der Waals surface area contributed by atoms with E-state index in [1.165, 1.54) is 0 Å². The second-order valence-electron chi connectivity index (χ2n) is 8.33. The number of benzene rings is 2. The van der Waals surface area contributed by atoms with Crippen molar-refractivity contribution in [2.24, 2.45) is 5.92 Å². The monoisotopic (exact) mass is 469 g/mol. The molecule has 34 heavy (non-hydrogen) atoms. The summed E-state index contributed by atoms with van der Waals surface area (Å²) in [7, 11) is 0. The van der Waals surface area contributed by atoms with Gasteiger partial charge in [0.25, 0.3) is 5.91 Å². The fourth-order valence-corrected chi connectivity index (χ4v) is 3.80. The highest BCUT2D eigenvalue weighted by atomic mass is 16.5. The number of amides is 2. The molecule has 3 rings (SSSR count). The van der Waals surface area contributed by atoms with Crippen LogP contribution in [-0.2, 0) is 9.53 Å². The molecule has 0 spiro atoms. The molecule has 0 bridgehead atoms. The second kappa shape index (κ2) is 12.3. The minimum atomic E-state index is -0.725. The van der Waals surface area contributed by atoms with Gasteiger partial charge in [-0.05, 0) is 31.9 Å². The Hall–Kier alpha value is -3.26. The Morgan fingerprint density at radius 1 is 1.00 bits per heavy atom. The third kappa shape index (κ3) is 6.41. The van der Waals surface area contributed by atoms with Crippen LogP contribution in [0.25, 0.3) is 0 Å². The molecule has 8 heteroatoms. The van der Waals surface area contributed by atoms with Crippen molar-refractivity contribution in [3.8, 4) is 11.5 Å². The van der Waals surface area contributed by atoms with Gasteiger partial charge in [0.1, 0.15) is 17.5 Å². The Balaban J connectivity index is 1.86. The molecule has 1 fully saturated rings. The Labute approximate surface area is 201 Å². The molecule has 1 unspecified atom stereocenters. The summed E-state index contributed by atoms with van der Waals surface area (Å²) >= 11 is 0. The third-order valence-electron chi connectivity index (χ3n) is 5.54. The van der Waals surface area contributed by atoms with Crippen LogP contribution in [0.2, 0.25) is 0 Å². The Morgan fingerprint density at radius 3 is 2.26 bits per heavy atom. The van der Waals surface area contributed by atoms with Crippen molar-refractivity contribution in [2.75, 3.05) is 49.7 Å². The van der Waals surface area contributed by atoms with E-state index in [-0.39, 0.29) is 17.7 Å². The zero-order chi connectivity index (χ0) is 24.5. The van der Waals surface area contributed by atoms with E-state index in [0.29, 0.717) is 49.2 Å². The van der Waals surface area contributed by atoms with Crippen LogP contribution in [-0.4, -0.2) is 57.4 Å². The molecule has 0 saturated carbocycles. The summed E-state index contributed by atoms with van der Waals surface area (Å²) in [5.41, 5.74) is 1.92. The van der Waals surface area contributed by atoms with Crippen molar-refractivity contribution < 1.29 is 23.8 Å².